The van der Waals surface area contributed by atoms with Gasteiger partial charge in [-0.2, -0.15) is 0 Å². The predicted octanol–water partition coefficient (Wildman–Crippen LogP) is 4.45. The van der Waals surface area contributed by atoms with Gasteiger partial charge in [0.25, 0.3) is 0 Å². The molecule has 3 heterocycles. The number of nitrogens with two attached hydrogens (primary N) is 1. The molecule has 5 heteroatoms. The fourth-order valence-corrected chi connectivity index (χ4v) is 4.47. The van der Waals surface area contributed by atoms with Crippen LogP contribution in [0.2, 0.25) is 0 Å². The zero-order valence-electron chi connectivity index (χ0n) is 17.0. The number of benzene rings is 1. The maximum absolute atomic E-state index is 6.74. The minimum atomic E-state index is 0.727. The first-order valence-corrected chi connectivity index (χ1v) is 9.92. The SMILES string of the molecule is COc1ccc2c(c1)CCc1c-2nc2c(c(C)c(C)n2Cc2cccnc2)c1N. The average molecular weight is 384 g/mol. The Morgan fingerprint density at radius 1 is 1.17 bits per heavy atom. The van der Waals surface area contributed by atoms with Crippen molar-refractivity contribution in [2.75, 3.05) is 12.8 Å². The number of pyridine rings is 2. The second-order valence-electron chi connectivity index (χ2n) is 7.73. The van der Waals surface area contributed by atoms with E-state index in [1.54, 1.807) is 13.3 Å². The minimum absolute atomic E-state index is 0.727. The first kappa shape index (κ1) is 17.7. The number of nitrogen functional groups attached to an aromatic ring is 1. The smallest absolute Gasteiger partial charge is 0.143 e. The van der Waals surface area contributed by atoms with Gasteiger partial charge in [0.05, 0.1) is 19.3 Å². The predicted molar refractivity (Wildman–Crippen MR) is 116 cm³/mol. The first-order chi connectivity index (χ1) is 14.1. The number of hydrogen-bond donors (Lipinski definition) is 1. The molecule has 1 aliphatic carbocycles. The second-order valence-corrected chi connectivity index (χ2v) is 7.73. The van der Waals surface area contributed by atoms with E-state index < -0.39 is 0 Å². The van der Waals surface area contributed by atoms with Crippen LogP contribution in [0.3, 0.4) is 0 Å². The summed E-state index contributed by atoms with van der Waals surface area (Å²) in [5.41, 5.74) is 16.7. The molecule has 0 bridgehead atoms. The lowest BCUT2D eigenvalue weighted by Crippen LogP contribution is -2.11. The van der Waals surface area contributed by atoms with Gasteiger partial charge >= 0.3 is 0 Å². The topological polar surface area (TPSA) is 66.0 Å². The van der Waals surface area contributed by atoms with Crippen LogP contribution in [-0.4, -0.2) is 21.6 Å². The molecule has 0 saturated heterocycles. The molecule has 0 unspecified atom stereocenters. The Balaban J connectivity index is 1.75. The molecule has 0 atom stereocenters. The van der Waals surface area contributed by atoms with Crippen molar-refractivity contribution in [3.8, 4) is 17.0 Å². The summed E-state index contributed by atoms with van der Waals surface area (Å²) in [6, 6.07) is 10.3. The minimum Gasteiger partial charge on any atom is -0.497 e. The van der Waals surface area contributed by atoms with Crippen molar-refractivity contribution in [2.45, 2.75) is 33.2 Å². The van der Waals surface area contributed by atoms with E-state index in [1.807, 2.05) is 18.3 Å². The molecule has 146 valence electrons. The van der Waals surface area contributed by atoms with Gasteiger partial charge in [0.1, 0.15) is 11.4 Å². The lowest BCUT2D eigenvalue weighted by atomic mass is 9.87. The highest BCUT2D eigenvalue weighted by atomic mass is 16.5. The summed E-state index contributed by atoms with van der Waals surface area (Å²) >= 11 is 0. The van der Waals surface area contributed by atoms with Crippen LogP contribution in [0.5, 0.6) is 5.75 Å². The Bertz CT molecular complexity index is 1240. The molecular weight excluding hydrogens is 360 g/mol. The number of ether oxygens (including phenoxy) is 1. The zero-order chi connectivity index (χ0) is 20.1. The summed E-state index contributed by atoms with van der Waals surface area (Å²) in [6.45, 7) is 5.01. The van der Waals surface area contributed by atoms with E-state index in [0.29, 0.717) is 0 Å². The van der Waals surface area contributed by atoms with Gasteiger partial charge in [0.15, 0.2) is 0 Å². The summed E-state index contributed by atoms with van der Waals surface area (Å²) < 4.78 is 7.67. The molecule has 3 aromatic heterocycles. The fourth-order valence-electron chi connectivity index (χ4n) is 4.47. The number of aryl methyl sites for hydroxylation is 2. The van der Waals surface area contributed by atoms with Crippen LogP contribution in [0.1, 0.15) is 27.9 Å². The molecule has 0 spiro atoms. The molecule has 1 aliphatic rings. The molecule has 5 rings (SSSR count). The molecule has 0 radical (unpaired) electrons. The average Bonchev–Trinajstić information content (AvgIpc) is 2.99. The molecule has 2 N–H and O–H groups in total. The lowest BCUT2D eigenvalue weighted by Gasteiger charge is -2.22. The molecule has 4 aromatic rings. The van der Waals surface area contributed by atoms with Gasteiger partial charge in [0.2, 0.25) is 0 Å². The molecule has 0 aliphatic heterocycles. The number of hydrogen-bond acceptors (Lipinski definition) is 4. The number of nitrogens with zero attached hydrogens (tertiary/aromatic N) is 3. The Hall–Kier alpha value is -3.34. The van der Waals surface area contributed by atoms with E-state index in [2.05, 4.69) is 41.6 Å². The van der Waals surface area contributed by atoms with E-state index in [4.69, 9.17) is 15.5 Å². The van der Waals surface area contributed by atoms with Gasteiger partial charge in [-0.15, -0.1) is 0 Å². The lowest BCUT2D eigenvalue weighted by molar-refractivity contribution is 0.414. The van der Waals surface area contributed by atoms with E-state index in [0.717, 1.165) is 64.2 Å². The summed E-state index contributed by atoms with van der Waals surface area (Å²) in [4.78, 5) is 9.43. The monoisotopic (exact) mass is 384 g/mol. The molecular formula is C24H24N4O. The van der Waals surface area contributed by atoms with Crippen molar-refractivity contribution in [3.63, 3.8) is 0 Å². The van der Waals surface area contributed by atoms with E-state index in [1.165, 1.54) is 16.8 Å². The van der Waals surface area contributed by atoms with Crippen LogP contribution in [0.25, 0.3) is 22.3 Å². The number of methoxy groups -OCH3 is 1. The van der Waals surface area contributed by atoms with Crippen LogP contribution in [-0.2, 0) is 19.4 Å². The highest BCUT2D eigenvalue weighted by Gasteiger charge is 2.25. The molecule has 1 aromatic carbocycles. The van der Waals surface area contributed by atoms with Crippen molar-refractivity contribution in [2.24, 2.45) is 0 Å². The number of anilines is 1. The van der Waals surface area contributed by atoms with Crippen LogP contribution >= 0.6 is 0 Å². The fraction of sp³-hybridized carbons (Fsp3) is 0.250. The Morgan fingerprint density at radius 3 is 2.79 bits per heavy atom. The van der Waals surface area contributed by atoms with Crippen LogP contribution in [0, 0.1) is 13.8 Å². The van der Waals surface area contributed by atoms with Crippen molar-refractivity contribution in [1.29, 1.82) is 0 Å². The zero-order valence-corrected chi connectivity index (χ0v) is 17.0. The van der Waals surface area contributed by atoms with Gasteiger partial charge in [-0.05, 0) is 67.6 Å². The third-order valence-electron chi connectivity index (χ3n) is 6.18. The third-order valence-corrected chi connectivity index (χ3v) is 6.18. The molecule has 0 fully saturated rings. The van der Waals surface area contributed by atoms with Crippen molar-refractivity contribution in [1.82, 2.24) is 14.5 Å². The van der Waals surface area contributed by atoms with E-state index in [-0.39, 0.29) is 0 Å². The Labute approximate surface area is 170 Å². The highest BCUT2D eigenvalue weighted by molar-refractivity contribution is 5.98. The normalized spacial score (nSPS) is 12.7. The second kappa shape index (κ2) is 6.62. The summed E-state index contributed by atoms with van der Waals surface area (Å²) in [5, 5.41) is 1.09. The number of aromatic nitrogens is 3. The largest absolute Gasteiger partial charge is 0.497 e. The maximum atomic E-state index is 6.74. The molecule has 5 nitrogen and oxygen atoms in total. The summed E-state index contributed by atoms with van der Waals surface area (Å²) in [6.07, 6.45) is 5.55. The Kier molecular flexibility index (Phi) is 4.05. The van der Waals surface area contributed by atoms with E-state index >= 15 is 0 Å². The third kappa shape index (κ3) is 2.69. The highest BCUT2D eigenvalue weighted by Crippen LogP contribution is 2.41. The van der Waals surface area contributed by atoms with Gasteiger partial charge < -0.3 is 15.0 Å². The molecule has 0 saturated carbocycles. The van der Waals surface area contributed by atoms with Crippen LogP contribution < -0.4 is 10.5 Å². The van der Waals surface area contributed by atoms with Crippen molar-refractivity contribution < 1.29 is 4.74 Å². The summed E-state index contributed by atoms with van der Waals surface area (Å²) in [5.74, 6) is 0.882. The maximum Gasteiger partial charge on any atom is 0.143 e. The Morgan fingerprint density at radius 2 is 2.03 bits per heavy atom. The molecule has 29 heavy (non-hydrogen) atoms. The van der Waals surface area contributed by atoms with Gasteiger partial charge in [-0.3, -0.25) is 4.98 Å². The van der Waals surface area contributed by atoms with Crippen LogP contribution in [0.15, 0.2) is 42.7 Å². The summed E-state index contributed by atoms with van der Waals surface area (Å²) in [7, 11) is 1.70. The standard InChI is InChI=1S/C24H24N4O/c1-14-15(2)28(13-16-5-4-10-26-12-16)24-21(14)22(25)20-8-6-17-11-18(29-3)7-9-19(17)23(20)27-24/h4-5,7,9-12H,6,8,13H2,1-3H3,(H2,25,27). The van der Waals surface area contributed by atoms with Crippen molar-refractivity contribution >= 4 is 16.7 Å². The molecule has 0 amide bonds. The van der Waals surface area contributed by atoms with Gasteiger partial charge in [0, 0.05) is 40.3 Å². The number of rotatable bonds is 3. The van der Waals surface area contributed by atoms with Crippen molar-refractivity contribution in [3.05, 3.63) is 70.7 Å². The van der Waals surface area contributed by atoms with Crippen LogP contribution in [0.4, 0.5) is 5.69 Å². The first-order valence-electron chi connectivity index (χ1n) is 9.92. The van der Waals surface area contributed by atoms with Gasteiger partial charge in [-0.25, -0.2) is 4.98 Å². The van der Waals surface area contributed by atoms with Gasteiger partial charge in [-0.1, -0.05) is 6.07 Å². The quantitative estimate of drug-likeness (QED) is 0.567. The van der Waals surface area contributed by atoms with E-state index in [9.17, 15) is 0 Å². The number of fused-ring (bicyclic) bond motifs is 4.